The first-order chi connectivity index (χ1) is 13.1. The van der Waals surface area contributed by atoms with Crippen molar-refractivity contribution in [2.24, 2.45) is 0 Å². The highest BCUT2D eigenvalue weighted by Gasteiger charge is 2.07. The quantitative estimate of drug-likeness (QED) is 0.511. The number of rotatable bonds is 4. The van der Waals surface area contributed by atoms with Crippen molar-refractivity contribution in [2.75, 3.05) is 10.6 Å². The first-order valence-corrected chi connectivity index (χ1v) is 8.83. The molecule has 0 saturated heterocycles. The minimum atomic E-state index is 0.333. The maximum atomic E-state index is 6.26. The Kier molecular flexibility index (Phi) is 4.56. The Labute approximate surface area is 161 Å². The van der Waals surface area contributed by atoms with Crippen LogP contribution in [0.3, 0.4) is 0 Å². The smallest absolute Gasteiger partial charge is 0.227 e. The van der Waals surface area contributed by atoms with Crippen molar-refractivity contribution in [3.63, 3.8) is 0 Å². The Balaban J connectivity index is 1.53. The normalized spacial score (nSPS) is 10.8. The third-order valence-corrected chi connectivity index (χ3v) is 4.18. The Bertz CT molecular complexity index is 1090. The Morgan fingerprint density at radius 3 is 1.89 bits per heavy atom. The molecule has 4 aromatic rings. The maximum Gasteiger partial charge on any atom is 0.227 e. The predicted octanol–water partition coefficient (Wildman–Crippen LogP) is 5.18. The Morgan fingerprint density at radius 2 is 1.26 bits per heavy atom. The van der Waals surface area contributed by atoms with Gasteiger partial charge < -0.3 is 10.6 Å². The molecular formula is C20H17ClN6. The molecule has 0 atom stereocenters. The molecule has 4 rings (SSSR count). The first kappa shape index (κ1) is 17.2. The SMILES string of the molecule is Cc1cc(C)nc(Nc2ccc(Nc3nc4ccccc4nc3Cl)cc2)n1. The molecule has 0 unspecified atom stereocenters. The summed E-state index contributed by atoms with van der Waals surface area (Å²) in [6.45, 7) is 3.89. The van der Waals surface area contributed by atoms with E-state index in [1.807, 2.05) is 68.4 Å². The second kappa shape index (κ2) is 7.17. The maximum absolute atomic E-state index is 6.26. The summed E-state index contributed by atoms with van der Waals surface area (Å²) in [6.07, 6.45) is 0. The lowest BCUT2D eigenvalue weighted by molar-refractivity contribution is 1.06. The zero-order valence-electron chi connectivity index (χ0n) is 14.9. The summed E-state index contributed by atoms with van der Waals surface area (Å²) in [7, 11) is 0. The molecule has 0 amide bonds. The van der Waals surface area contributed by atoms with Crippen LogP contribution in [0.15, 0.2) is 54.6 Å². The highest BCUT2D eigenvalue weighted by Crippen LogP contribution is 2.25. The van der Waals surface area contributed by atoms with Gasteiger partial charge in [-0.2, -0.15) is 0 Å². The largest absolute Gasteiger partial charge is 0.338 e. The van der Waals surface area contributed by atoms with E-state index in [0.29, 0.717) is 16.9 Å². The third kappa shape index (κ3) is 3.96. The lowest BCUT2D eigenvalue weighted by Gasteiger charge is -2.10. The minimum absolute atomic E-state index is 0.333. The molecular weight excluding hydrogens is 360 g/mol. The molecule has 27 heavy (non-hydrogen) atoms. The molecule has 0 aliphatic carbocycles. The molecule has 0 aliphatic rings. The van der Waals surface area contributed by atoms with E-state index < -0.39 is 0 Å². The van der Waals surface area contributed by atoms with Crippen molar-refractivity contribution in [3.05, 3.63) is 71.1 Å². The van der Waals surface area contributed by atoms with Crippen LogP contribution in [0.2, 0.25) is 5.15 Å². The van der Waals surface area contributed by atoms with E-state index in [1.165, 1.54) is 0 Å². The number of halogens is 1. The predicted molar refractivity (Wildman–Crippen MR) is 109 cm³/mol. The van der Waals surface area contributed by atoms with Crippen molar-refractivity contribution in [1.82, 2.24) is 19.9 Å². The van der Waals surface area contributed by atoms with Gasteiger partial charge in [0.1, 0.15) is 0 Å². The van der Waals surface area contributed by atoms with E-state index in [4.69, 9.17) is 11.6 Å². The van der Waals surface area contributed by atoms with Gasteiger partial charge in [0.05, 0.1) is 11.0 Å². The van der Waals surface area contributed by atoms with Crippen molar-refractivity contribution >= 4 is 45.8 Å². The zero-order chi connectivity index (χ0) is 18.8. The van der Waals surface area contributed by atoms with Gasteiger partial charge in [0.15, 0.2) is 11.0 Å². The van der Waals surface area contributed by atoms with Gasteiger partial charge in [-0.15, -0.1) is 0 Å². The standard InChI is InChI=1S/C20H17ClN6/c1-12-11-13(2)23-20(22-12)25-15-9-7-14(8-10-15)24-19-18(21)26-16-5-3-4-6-17(16)27-19/h3-11H,1-2H3,(H,24,27)(H,22,23,25). The number of benzene rings is 2. The Hall–Kier alpha value is -3.25. The molecule has 0 radical (unpaired) electrons. The lowest BCUT2D eigenvalue weighted by atomic mass is 10.2. The van der Waals surface area contributed by atoms with E-state index in [-0.39, 0.29) is 0 Å². The van der Waals surface area contributed by atoms with Gasteiger partial charge >= 0.3 is 0 Å². The van der Waals surface area contributed by atoms with Crippen LogP contribution < -0.4 is 10.6 Å². The summed E-state index contributed by atoms with van der Waals surface area (Å²) in [5.74, 6) is 1.10. The molecule has 0 fully saturated rings. The monoisotopic (exact) mass is 376 g/mol. The number of aromatic nitrogens is 4. The average Bonchev–Trinajstić information content (AvgIpc) is 2.63. The van der Waals surface area contributed by atoms with E-state index in [9.17, 15) is 0 Å². The second-order valence-electron chi connectivity index (χ2n) is 6.15. The minimum Gasteiger partial charge on any atom is -0.338 e. The number of anilines is 4. The van der Waals surface area contributed by atoms with Crippen LogP contribution in [0.1, 0.15) is 11.4 Å². The van der Waals surface area contributed by atoms with Gasteiger partial charge in [-0.3, -0.25) is 0 Å². The molecule has 2 N–H and O–H groups in total. The fourth-order valence-corrected chi connectivity index (χ4v) is 2.92. The summed E-state index contributed by atoms with van der Waals surface area (Å²) >= 11 is 6.26. The van der Waals surface area contributed by atoms with Crippen molar-refractivity contribution < 1.29 is 0 Å². The molecule has 134 valence electrons. The van der Waals surface area contributed by atoms with Crippen LogP contribution in [-0.2, 0) is 0 Å². The van der Waals surface area contributed by atoms with E-state index in [2.05, 4.69) is 30.6 Å². The van der Waals surface area contributed by atoms with Gasteiger partial charge in [0.25, 0.3) is 0 Å². The number of hydrogen-bond donors (Lipinski definition) is 2. The molecule has 2 aromatic heterocycles. The average molecular weight is 377 g/mol. The van der Waals surface area contributed by atoms with E-state index in [1.54, 1.807) is 0 Å². The van der Waals surface area contributed by atoms with Crippen LogP contribution >= 0.6 is 11.6 Å². The molecule has 0 spiro atoms. The summed E-state index contributed by atoms with van der Waals surface area (Å²) in [5.41, 5.74) is 5.14. The summed E-state index contributed by atoms with van der Waals surface area (Å²) in [6, 6.07) is 17.3. The summed E-state index contributed by atoms with van der Waals surface area (Å²) < 4.78 is 0. The molecule has 7 heteroatoms. The van der Waals surface area contributed by atoms with E-state index >= 15 is 0 Å². The van der Waals surface area contributed by atoms with Crippen LogP contribution in [0.5, 0.6) is 0 Å². The van der Waals surface area contributed by atoms with Gasteiger partial charge in [-0.25, -0.2) is 19.9 Å². The molecule has 2 aromatic carbocycles. The number of aryl methyl sites for hydroxylation is 2. The number of para-hydroxylation sites is 2. The molecule has 2 heterocycles. The van der Waals surface area contributed by atoms with Crippen LogP contribution in [-0.4, -0.2) is 19.9 Å². The van der Waals surface area contributed by atoms with Crippen LogP contribution in [0, 0.1) is 13.8 Å². The fourth-order valence-electron chi connectivity index (χ4n) is 2.74. The zero-order valence-corrected chi connectivity index (χ0v) is 15.6. The highest BCUT2D eigenvalue weighted by molar-refractivity contribution is 6.32. The molecule has 0 bridgehead atoms. The van der Waals surface area contributed by atoms with Gasteiger partial charge in [0, 0.05) is 22.8 Å². The van der Waals surface area contributed by atoms with Crippen molar-refractivity contribution in [1.29, 1.82) is 0 Å². The van der Waals surface area contributed by atoms with Gasteiger partial charge in [0.2, 0.25) is 5.95 Å². The fraction of sp³-hybridized carbons (Fsp3) is 0.100. The molecule has 0 saturated carbocycles. The second-order valence-corrected chi connectivity index (χ2v) is 6.51. The van der Waals surface area contributed by atoms with Crippen molar-refractivity contribution in [3.8, 4) is 0 Å². The van der Waals surface area contributed by atoms with Crippen LogP contribution in [0.25, 0.3) is 11.0 Å². The lowest BCUT2D eigenvalue weighted by Crippen LogP contribution is -2.00. The highest BCUT2D eigenvalue weighted by atomic mass is 35.5. The topological polar surface area (TPSA) is 75.6 Å². The number of nitrogens with zero attached hydrogens (tertiary/aromatic N) is 4. The molecule has 0 aliphatic heterocycles. The van der Waals surface area contributed by atoms with Gasteiger partial charge in [-0.05, 0) is 56.3 Å². The summed E-state index contributed by atoms with van der Waals surface area (Å²) in [4.78, 5) is 17.7. The third-order valence-electron chi connectivity index (χ3n) is 3.91. The van der Waals surface area contributed by atoms with Crippen LogP contribution in [0.4, 0.5) is 23.1 Å². The summed E-state index contributed by atoms with van der Waals surface area (Å²) in [5, 5.41) is 6.75. The van der Waals surface area contributed by atoms with Gasteiger partial charge in [-0.1, -0.05) is 23.7 Å². The van der Waals surface area contributed by atoms with E-state index in [0.717, 1.165) is 33.8 Å². The van der Waals surface area contributed by atoms with Crippen molar-refractivity contribution in [2.45, 2.75) is 13.8 Å². The Morgan fingerprint density at radius 1 is 0.704 bits per heavy atom. The molecule has 6 nitrogen and oxygen atoms in total. The number of hydrogen-bond acceptors (Lipinski definition) is 6. The first-order valence-electron chi connectivity index (χ1n) is 8.45. The number of fused-ring (bicyclic) bond motifs is 1. The number of nitrogens with one attached hydrogen (secondary N) is 2.